The molecule has 0 aromatic carbocycles. The lowest BCUT2D eigenvalue weighted by Crippen LogP contribution is -2.45. The number of hydrogen-bond acceptors (Lipinski definition) is 4. The van der Waals surface area contributed by atoms with Gasteiger partial charge in [-0.15, -0.1) is 0 Å². The van der Waals surface area contributed by atoms with Crippen molar-refractivity contribution < 1.29 is 24.5 Å². The minimum atomic E-state index is -2.07. The summed E-state index contributed by atoms with van der Waals surface area (Å²) in [5, 5.41) is 30.1. The summed E-state index contributed by atoms with van der Waals surface area (Å²) in [5.41, 5.74) is 0. The van der Waals surface area contributed by atoms with Gasteiger partial charge in [-0.05, 0) is 31.0 Å². The van der Waals surface area contributed by atoms with Crippen LogP contribution in [0.25, 0.3) is 0 Å². The molecule has 5 atom stereocenters. The van der Waals surface area contributed by atoms with Crippen LogP contribution < -0.4 is 0 Å². The van der Waals surface area contributed by atoms with E-state index in [0.717, 1.165) is 19.3 Å². The molecule has 5 nitrogen and oxygen atoms in total. The quantitative estimate of drug-likeness (QED) is 0.288. The predicted octanol–water partition coefficient (Wildman–Crippen LogP) is 4.35. The first-order valence-corrected chi connectivity index (χ1v) is 13.2. The lowest BCUT2D eigenvalue weighted by Gasteiger charge is -2.40. The largest absolute Gasteiger partial charge is 0.481 e. The van der Waals surface area contributed by atoms with Crippen LogP contribution in [0.3, 0.4) is 0 Å². The molecular weight excluding hydrogens is 360 g/mol. The van der Waals surface area contributed by atoms with E-state index in [0.29, 0.717) is 12.8 Å². The van der Waals surface area contributed by atoms with Gasteiger partial charge >= 0.3 is 5.97 Å². The van der Waals surface area contributed by atoms with Crippen LogP contribution in [0.2, 0.25) is 18.1 Å². The van der Waals surface area contributed by atoms with Gasteiger partial charge in [0.2, 0.25) is 0 Å². The van der Waals surface area contributed by atoms with Gasteiger partial charge in [0.1, 0.15) is 0 Å². The summed E-state index contributed by atoms with van der Waals surface area (Å²) in [6.45, 7) is 12.9. The second-order valence-electron chi connectivity index (χ2n) is 9.51. The van der Waals surface area contributed by atoms with Gasteiger partial charge in [-0.1, -0.05) is 59.1 Å². The molecule has 0 radical (unpaired) electrons. The fourth-order valence-electron chi connectivity index (χ4n) is 3.49. The molecule has 0 aromatic heterocycles. The van der Waals surface area contributed by atoms with Crippen LogP contribution in [0.15, 0.2) is 12.2 Å². The van der Waals surface area contributed by atoms with Crippen LogP contribution in [-0.4, -0.2) is 47.9 Å². The van der Waals surface area contributed by atoms with Crippen LogP contribution >= 0.6 is 0 Å². The van der Waals surface area contributed by atoms with Crippen molar-refractivity contribution in [2.45, 2.75) is 103 Å². The van der Waals surface area contributed by atoms with Gasteiger partial charge in [0.05, 0.1) is 24.7 Å². The molecule has 1 aliphatic carbocycles. The maximum atomic E-state index is 11.4. The van der Waals surface area contributed by atoms with E-state index in [1.165, 1.54) is 0 Å². The Hall–Kier alpha value is -0.693. The van der Waals surface area contributed by atoms with Gasteiger partial charge in [-0.25, -0.2) is 0 Å². The number of carbonyl (C=O) groups is 1. The maximum absolute atomic E-state index is 11.4. The average molecular weight is 401 g/mol. The number of carboxylic acids is 1. The highest BCUT2D eigenvalue weighted by Gasteiger charge is 2.47. The van der Waals surface area contributed by atoms with Gasteiger partial charge in [0.15, 0.2) is 8.32 Å². The van der Waals surface area contributed by atoms with Crippen LogP contribution in [0.5, 0.6) is 0 Å². The molecule has 1 saturated carbocycles. The summed E-state index contributed by atoms with van der Waals surface area (Å²) in [6, 6.07) is 0. The second-order valence-corrected chi connectivity index (χ2v) is 14.3. The molecular formula is C21H40O5Si. The minimum absolute atomic E-state index is 0.0229. The Morgan fingerprint density at radius 3 is 2.44 bits per heavy atom. The summed E-state index contributed by atoms with van der Waals surface area (Å²) < 4.78 is 6.48. The molecule has 0 spiro atoms. The summed E-state index contributed by atoms with van der Waals surface area (Å²) in [5.74, 6) is -1.44. The van der Waals surface area contributed by atoms with E-state index in [4.69, 9.17) is 4.43 Å². The first-order valence-electron chi connectivity index (χ1n) is 10.3. The SMILES string of the molecule is CCCCC[C@H](O)C=C[C@H]1[C@H](CC(=O)O)[C@H](O[Si](C)(C)C(C)(C)C)C[C@@H]1O. The fraction of sp³-hybridized carbons (Fsp3) is 0.857. The topological polar surface area (TPSA) is 87.0 Å². The first kappa shape index (κ1) is 24.3. The Morgan fingerprint density at radius 2 is 1.93 bits per heavy atom. The Kier molecular flexibility index (Phi) is 9.19. The number of aliphatic hydroxyl groups is 2. The first-order chi connectivity index (χ1) is 12.4. The third-order valence-corrected chi connectivity index (χ3v) is 10.7. The number of aliphatic hydroxyl groups excluding tert-OH is 2. The monoisotopic (exact) mass is 400 g/mol. The fourth-order valence-corrected chi connectivity index (χ4v) is 4.87. The van der Waals surface area contributed by atoms with E-state index < -0.39 is 26.5 Å². The lowest BCUT2D eigenvalue weighted by molar-refractivity contribution is -0.139. The zero-order valence-corrected chi connectivity index (χ0v) is 18.9. The Bertz CT molecular complexity index is 497. The summed E-state index contributed by atoms with van der Waals surface area (Å²) >= 11 is 0. The summed E-state index contributed by atoms with van der Waals surface area (Å²) in [6.07, 6.45) is 6.37. The molecule has 0 amide bonds. The molecule has 1 fully saturated rings. The normalized spacial score (nSPS) is 28.0. The van der Waals surface area contributed by atoms with Crippen molar-refractivity contribution in [1.29, 1.82) is 0 Å². The van der Waals surface area contributed by atoms with Crippen molar-refractivity contribution in [3.05, 3.63) is 12.2 Å². The maximum Gasteiger partial charge on any atom is 0.303 e. The number of rotatable bonds is 10. The number of unbranched alkanes of at least 4 members (excludes halogenated alkanes) is 2. The third-order valence-electron chi connectivity index (χ3n) is 6.21. The Morgan fingerprint density at radius 1 is 1.30 bits per heavy atom. The van der Waals surface area contributed by atoms with Crippen LogP contribution in [0.1, 0.15) is 66.2 Å². The second kappa shape index (κ2) is 10.2. The molecule has 0 unspecified atom stereocenters. The highest BCUT2D eigenvalue weighted by molar-refractivity contribution is 6.74. The molecule has 1 rings (SSSR count). The molecule has 27 heavy (non-hydrogen) atoms. The van der Waals surface area contributed by atoms with Gasteiger partial charge in [0.25, 0.3) is 0 Å². The summed E-state index contributed by atoms with van der Waals surface area (Å²) in [4.78, 5) is 11.4. The van der Waals surface area contributed by atoms with Crippen molar-refractivity contribution in [3.8, 4) is 0 Å². The van der Waals surface area contributed by atoms with Crippen molar-refractivity contribution >= 4 is 14.3 Å². The highest BCUT2D eigenvalue weighted by Crippen LogP contribution is 2.44. The standard InChI is InChI=1S/C21H40O5Si/c1-7-8-9-10-15(22)11-12-16-17(13-20(24)25)19(14-18(16)23)26-27(5,6)21(2,3)4/h11-12,15-19,22-23H,7-10,13-14H2,1-6H3,(H,24,25)/t15-,16-,17-,18-,19+/m0/s1. The Labute approximate surface area is 166 Å². The van der Waals surface area contributed by atoms with Crippen LogP contribution in [-0.2, 0) is 9.22 Å². The smallest absolute Gasteiger partial charge is 0.303 e. The van der Waals surface area contributed by atoms with Crippen LogP contribution in [0.4, 0.5) is 0 Å². The van der Waals surface area contributed by atoms with E-state index in [1.807, 2.05) is 6.08 Å². The van der Waals surface area contributed by atoms with Crippen LogP contribution in [0, 0.1) is 11.8 Å². The highest BCUT2D eigenvalue weighted by atomic mass is 28.4. The van der Waals surface area contributed by atoms with E-state index in [-0.39, 0.29) is 29.4 Å². The number of carboxylic acid groups (broad SMARTS) is 1. The van der Waals surface area contributed by atoms with Gasteiger partial charge in [0, 0.05) is 11.8 Å². The van der Waals surface area contributed by atoms with Gasteiger partial charge in [-0.2, -0.15) is 0 Å². The molecule has 6 heteroatoms. The van der Waals surface area contributed by atoms with E-state index in [2.05, 4.69) is 40.8 Å². The molecule has 0 saturated heterocycles. The lowest BCUT2D eigenvalue weighted by atomic mass is 9.90. The van der Waals surface area contributed by atoms with E-state index in [9.17, 15) is 20.1 Å². The Balaban J connectivity index is 2.89. The average Bonchev–Trinajstić information content (AvgIpc) is 2.78. The van der Waals surface area contributed by atoms with Crippen molar-refractivity contribution in [1.82, 2.24) is 0 Å². The number of aliphatic carboxylic acids is 1. The zero-order valence-electron chi connectivity index (χ0n) is 17.9. The zero-order chi connectivity index (χ0) is 20.8. The number of hydrogen-bond donors (Lipinski definition) is 3. The van der Waals surface area contributed by atoms with Crippen molar-refractivity contribution in [3.63, 3.8) is 0 Å². The van der Waals surface area contributed by atoms with Crippen molar-refractivity contribution in [2.24, 2.45) is 11.8 Å². The molecule has 0 bridgehead atoms. The van der Waals surface area contributed by atoms with Gasteiger partial charge < -0.3 is 19.7 Å². The molecule has 3 N–H and O–H groups in total. The minimum Gasteiger partial charge on any atom is -0.481 e. The van der Waals surface area contributed by atoms with Crippen molar-refractivity contribution in [2.75, 3.05) is 0 Å². The molecule has 158 valence electrons. The summed E-state index contributed by atoms with van der Waals surface area (Å²) in [7, 11) is -2.07. The molecule has 0 aliphatic heterocycles. The van der Waals surface area contributed by atoms with Gasteiger partial charge in [-0.3, -0.25) is 4.79 Å². The molecule has 0 aromatic rings. The van der Waals surface area contributed by atoms with E-state index in [1.54, 1.807) is 6.08 Å². The molecule has 0 heterocycles. The molecule has 1 aliphatic rings. The predicted molar refractivity (Wildman–Crippen MR) is 111 cm³/mol. The third kappa shape index (κ3) is 7.33. The van der Waals surface area contributed by atoms with E-state index >= 15 is 0 Å².